The van der Waals surface area contributed by atoms with Crippen LogP contribution in [0.4, 0.5) is 0 Å². The Balaban J connectivity index is 2.05. The molecule has 0 aliphatic rings. The maximum atomic E-state index is 6.07. The molecule has 0 fully saturated rings. The van der Waals surface area contributed by atoms with Crippen LogP contribution >= 0.6 is 11.6 Å². The number of rotatable bonds is 7. The van der Waals surface area contributed by atoms with E-state index in [1.54, 1.807) is 7.11 Å². The fourth-order valence-electron chi connectivity index (χ4n) is 2.49. The number of hydrogen-bond donors (Lipinski definition) is 1. The summed E-state index contributed by atoms with van der Waals surface area (Å²) in [5.74, 6) is 0.744. The van der Waals surface area contributed by atoms with Gasteiger partial charge in [-0.3, -0.25) is 0 Å². The van der Waals surface area contributed by atoms with Crippen molar-refractivity contribution in [3.63, 3.8) is 0 Å². The fourth-order valence-corrected chi connectivity index (χ4v) is 2.68. The summed E-state index contributed by atoms with van der Waals surface area (Å²) in [4.78, 5) is 0. The topological polar surface area (TPSA) is 21.3 Å². The van der Waals surface area contributed by atoms with Crippen LogP contribution in [0.3, 0.4) is 0 Å². The monoisotopic (exact) mass is 303 g/mol. The van der Waals surface area contributed by atoms with E-state index in [0.29, 0.717) is 11.1 Å². The van der Waals surface area contributed by atoms with Crippen molar-refractivity contribution in [1.82, 2.24) is 5.32 Å². The highest BCUT2D eigenvalue weighted by Gasteiger charge is 2.10. The van der Waals surface area contributed by atoms with Crippen LogP contribution in [0.5, 0.6) is 5.75 Å². The number of methoxy groups -OCH3 is 1. The third-order valence-electron chi connectivity index (χ3n) is 3.59. The Bertz CT molecular complexity index is 556. The summed E-state index contributed by atoms with van der Waals surface area (Å²) in [6.07, 6.45) is 2.03. The molecular weight excluding hydrogens is 282 g/mol. The number of ether oxygens (including phenoxy) is 1. The average Bonchev–Trinajstić information content (AvgIpc) is 2.53. The van der Waals surface area contributed by atoms with Gasteiger partial charge in [-0.1, -0.05) is 54.9 Å². The molecule has 2 rings (SSSR count). The Morgan fingerprint density at radius 1 is 1.14 bits per heavy atom. The summed E-state index contributed by atoms with van der Waals surface area (Å²) in [5.41, 5.74) is 2.58. The quantitative estimate of drug-likeness (QED) is 0.805. The summed E-state index contributed by atoms with van der Waals surface area (Å²) in [6.45, 7) is 3.10. The average molecular weight is 304 g/mol. The molecule has 0 saturated heterocycles. The molecule has 2 aromatic carbocycles. The van der Waals surface area contributed by atoms with Gasteiger partial charge in [-0.2, -0.15) is 0 Å². The zero-order chi connectivity index (χ0) is 15.1. The van der Waals surface area contributed by atoms with Gasteiger partial charge < -0.3 is 10.1 Å². The minimum absolute atomic E-state index is 0.373. The van der Waals surface area contributed by atoms with E-state index in [1.165, 1.54) is 11.1 Å². The zero-order valence-corrected chi connectivity index (χ0v) is 13.4. The second kappa shape index (κ2) is 8.06. The van der Waals surface area contributed by atoms with E-state index in [0.717, 1.165) is 25.1 Å². The van der Waals surface area contributed by atoms with Gasteiger partial charge >= 0.3 is 0 Å². The lowest BCUT2D eigenvalue weighted by Gasteiger charge is -2.18. The van der Waals surface area contributed by atoms with E-state index in [1.807, 2.05) is 12.1 Å². The fraction of sp³-hybridized carbons (Fsp3) is 0.333. The lowest BCUT2D eigenvalue weighted by atomic mass is 9.99. The second-order valence-corrected chi connectivity index (χ2v) is 5.44. The van der Waals surface area contributed by atoms with E-state index in [2.05, 4.69) is 48.6 Å². The van der Waals surface area contributed by atoms with Crippen molar-refractivity contribution in [3.8, 4) is 5.75 Å². The number of nitrogens with one attached hydrogen (secondary N) is 1. The van der Waals surface area contributed by atoms with Gasteiger partial charge in [0.05, 0.1) is 12.1 Å². The van der Waals surface area contributed by atoms with Crippen molar-refractivity contribution in [1.29, 1.82) is 0 Å². The van der Waals surface area contributed by atoms with Crippen LogP contribution in [0.2, 0.25) is 5.02 Å². The Kier molecular flexibility index (Phi) is 6.09. The molecule has 2 aromatic rings. The highest BCUT2D eigenvalue weighted by molar-refractivity contribution is 6.32. The molecule has 3 heteroatoms. The second-order valence-electron chi connectivity index (χ2n) is 5.03. The molecule has 1 atom stereocenters. The molecule has 0 aromatic heterocycles. The summed E-state index contributed by atoms with van der Waals surface area (Å²) < 4.78 is 5.28. The van der Waals surface area contributed by atoms with E-state index in [4.69, 9.17) is 16.3 Å². The van der Waals surface area contributed by atoms with Crippen LogP contribution in [0, 0.1) is 0 Å². The Labute approximate surface area is 132 Å². The van der Waals surface area contributed by atoms with Crippen molar-refractivity contribution >= 4 is 11.6 Å². The maximum Gasteiger partial charge on any atom is 0.137 e. The first-order valence-corrected chi connectivity index (χ1v) is 7.73. The first-order chi connectivity index (χ1) is 10.2. The molecule has 0 heterocycles. The van der Waals surface area contributed by atoms with Crippen molar-refractivity contribution in [2.75, 3.05) is 13.7 Å². The predicted molar refractivity (Wildman–Crippen MR) is 89.2 cm³/mol. The summed E-state index contributed by atoms with van der Waals surface area (Å²) in [7, 11) is 1.65. The van der Waals surface area contributed by atoms with Crippen molar-refractivity contribution in [2.45, 2.75) is 25.8 Å². The number of halogens is 1. The van der Waals surface area contributed by atoms with Gasteiger partial charge in [0.2, 0.25) is 0 Å². The molecule has 21 heavy (non-hydrogen) atoms. The van der Waals surface area contributed by atoms with Crippen LogP contribution in [0.25, 0.3) is 0 Å². The molecule has 112 valence electrons. The molecule has 0 aliphatic heterocycles. The molecule has 1 unspecified atom stereocenters. The van der Waals surface area contributed by atoms with Gasteiger partial charge in [0, 0.05) is 6.04 Å². The third kappa shape index (κ3) is 4.48. The van der Waals surface area contributed by atoms with Gasteiger partial charge in [0.25, 0.3) is 0 Å². The maximum absolute atomic E-state index is 6.07. The van der Waals surface area contributed by atoms with Gasteiger partial charge in [-0.25, -0.2) is 0 Å². The van der Waals surface area contributed by atoms with E-state index in [-0.39, 0.29) is 0 Å². The Hall–Kier alpha value is -1.51. The van der Waals surface area contributed by atoms with Crippen LogP contribution in [0.1, 0.15) is 30.5 Å². The summed E-state index contributed by atoms with van der Waals surface area (Å²) >= 11 is 6.07. The van der Waals surface area contributed by atoms with Crippen molar-refractivity contribution in [3.05, 3.63) is 64.7 Å². The Morgan fingerprint density at radius 3 is 2.57 bits per heavy atom. The molecular formula is C18H22ClNO. The van der Waals surface area contributed by atoms with Gasteiger partial charge in [0.15, 0.2) is 0 Å². The highest BCUT2D eigenvalue weighted by atomic mass is 35.5. The molecule has 0 bridgehead atoms. The van der Waals surface area contributed by atoms with Crippen molar-refractivity contribution in [2.24, 2.45) is 0 Å². The minimum Gasteiger partial charge on any atom is -0.495 e. The van der Waals surface area contributed by atoms with Gasteiger partial charge in [0.1, 0.15) is 5.75 Å². The largest absolute Gasteiger partial charge is 0.495 e. The number of aryl methyl sites for hydroxylation is 1. The van der Waals surface area contributed by atoms with Crippen LogP contribution in [0.15, 0.2) is 48.5 Å². The summed E-state index contributed by atoms with van der Waals surface area (Å²) in [6, 6.07) is 17.0. The predicted octanol–water partition coefficient (Wildman–Crippen LogP) is 4.63. The molecule has 1 N–H and O–H groups in total. The molecule has 0 saturated carbocycles. The van der Waals surface area contributed by atoms with E-state index < -0.39 is 0 Å². The molecule has 2 nitrogen and oxygen atoms in total. The lowest BCUT2D eigenvalue weighted by molar-refractivity contribution is 0.414. The first kappa shape index (κ1) is 15.9. The van der Waals surface area contributed by atoms with Crippen LogP contribution in [-0.4, -0.2) is 13.7 Å². The zero-order valence-electron chi connectivity index (χ0n) is 12.6. The van der Waals surface area contributed by atoms with Gasteiger partial charge in [-0.05, 0) is 42.6 Å². The SMILES string of the molecule is CCNC(CCc1ccc(Cl)c(OC)c1)c1ccccc1. The minimum atomic E-state index is 0.373. The molecule has 0 aliphatic carbocycles. The standard InChI is InChI=1S/C18H22ClNO/c1-3-20-17(15-7-5-4-6-8-15)12-10-14-9-11-16(19)18(13-14)21-2/h4-9,11,13,17,20H,3,10,12H2,1-2H3. The molecule has 0 amide bonds. The number of benzene rings is 2. The van der Waals surface area contributed by atoms with E-state index >= 15 is 0 Å². The van der Waals surface area contributed by atoms with Crippen LogP contribution < -0.4 is 10.1 Å². The number of hydrogen-bond acceptors (Lipinski definition) is 2. The lowest BCUT2D eigenvalue weighted by Crippen LogP contribution is -2.21. The van der Waals surface area contributed by atoms with Crippen LogP contribution in [-0.2, 0) is 6.42 Å². The van der Waals surface area contributed by atoms with Crippen molar-refractivity contribution < 1.29 is 4.74 Å². The smallest absolute Gasteiger partial charge is 0.137 e. The highest BCUT2D eigenvalue weighted by Crippen LogP contribution is 2.27. The normalized spacial score (nSPS) is 12.1. The molecule has 0 spiro atoms. The first-order valence-electron chi connectivity index (χ1n) is 7.35. The third-order valence-corrected chi connectivity index (χ3v) is 3.90. The summed E-state index contributed by atoms with van der Waals surface area (Å²) in [5, 5.41) is 4.21. The van der Waals surface area contributed by atoms with E-state index in [9.17, 15) is 0 Å². The Morgan fingerprint density at radius 2 is 1.90 bits per heavy atom. The van der Waals surface area contributed by atoms with Gasteiger partial charge in [-0.15, -0.1) is 0 Å². The molecule has 0 radical (unpaired) electrons.